The molecule has 1 unspecified atom stereocenters. The molecule has 0 aliphatic rings. The first-order valence-corrected chi connectivity index (χ1v) is 37.9. The van der Waals surface area contributed by atoms with E-state index in [4.69, 9.17) is 17.2 Å². The van der Waals surface area contributed by atoms with Crippen LogP contribution in [-0.2, 0) is 26.4 Å². The molecule has 0 aliphatic carbocycles. The van der Waals surface area contributed by atoms with Crippen LogP contribution >= 0.6 is 36.1 Å². The van der Waals surface area contributed by atoms with Crippen molar-refractivity contribution in [2.75, 3.05) is 73.9 Å². The van der Waals surface area contributed by atoms with Crippen LogP contribution in [0.4, 0.5) is 0 Å². The molecule has 0 fully saturated rings. The monoisotopic (exact) mass is 953 g/mol. The number of unbranched alkanes of at least 4 members (excludes halogenated alkanes) is 12. The van der Waals surface area contributed by atoms with Gasteiger partial charge < -0.3 is 0 Å². The predicted molar refractivity (Wildman–Crippen MR) is 280 cm³/mol. The van der Waals surface area contributed by atoms with Gasteiger partial charge in [0.05, 0.1) is 0 Å². The Hall–Kier alpha value is 1.55. The Morgan fingerprint density at radius 3 is 0.600 bits per heavy atom. The zero-order chi connectivity index (χ0) is 45.6. The molecule has 368 valence electrons. The summed E-state index contributed by atoms with van der Waals surface area (Å²) < 4.78 is 62.2. The second kappa shape index (κ2) is 30.8. The summed E-state index contributed by atoms with van der Waals surface area (Å²) >= 11 is 0. The Bertz CT molecular complexity index is 1020. The van der Waals surface area contributed by atoms with Crippen molar-refractivity contribution < 1.29 is 31.3 Å². The third-order valence-corrected chi connectivity index (χ3v) is 41.1. The molecule has 0 aliphatic heterocycles. The molecule has 7 nitrogen and oxygen atoms in total. The minimum atomic E-state index is -5.01. The van der Waals surface area contributed by atoms with Gasteiger partial charge in [0, 0.05) is 0 Å². The minimum absolute atomic E-state index is 0.807. The summed E-state index contributed by atoms with van der Waals surface area (Å²) in [5.41, 5.74) is 0. The van der Waals surface area contributed by atoms with E-state index in [2.05, 4.69) is 83.1 Å². The maximum absolute atomic E-state index is 17.0. The zero-order valence-electron chi connectivity index (χ0n) is 42.6. The molecule has 1 N–H and O–H groups in total. The van der Waals surface area contributed by atoms with Gasteiger partial charge in [-0.3, -0.25) is 0 Å². The molecule has 12 heteroatoms. The summed E-state index contributed by atoms with van der Waals surface area (Å²) in [7, 11) is -9.77. The van der Waals surface area contributed by atoms with E-state index in [-0.39, 0.29) is 0 Å². The van der Waals surface area contributed by atoms with Gasteiger partial charge in [0.1, 0.15) is 0 Å². The predicted octanol–water partition coefficient (Wildman–Crippen LogP) is 19.3. The van der Waals surface area contributed by atoms with Crippen LogP contribution in [0.1, 0.15) is 237 Å². The van der Waals surface area contributed by atoms with Crippen LogP contribution in [0.15, 0.2) is 0 Å². The maximum atomic E-state index is 17.0. The Kier molecular flexibility index (Phi) is 31.6. The van der Waals surface area contributed by atoms with E-state index in [1.807, 2.05) is 0 Å². The van der Waals surface area contributed by atoms with Gasteiger partial charge in [0.15, 0.2) is 0 Å². The van der Waals surface area contributed by atoms with Crippen LogP contribution in [-0.4, -0.2) is 78.8 Å². The molecule has 0 rings (SSSR count). The van der Waals surface area contributed by atoms with Crippen molar-refractivity contribution in [2.24, 2.45) is 0 Å². The Balaban J connectivity index is 8.75. The summed E-state index contributed by atoms with van der Waals surface area (Å²) in [6.07, 6.45) is 33.7. The molecule has 0 heterocycles. The van der Waals surface area contributed by atoms with E-state index in [0.29, 0.717) is 0 Å². The van der Waals surface area contributed by atoms with Gasteiger partial charge in [-0.05, 0) is 0 Å². The Labute approximate surface area is 377 Å². The number of phosphoric acid groups is 2. The second-order valence-corrected chi connectivity index (χ2v) is 40.7. The van der Waals surface area contributed by atoms with E-state index in [0.717, 1.165) is 228 Å². The normalized spacial score (nSPS) is 16.9. The Morgan fingerprint density at radius 2 is 0.450 bits per heavy atom. The van der Waals surface area contributed by atoms with Gasteiger partial charge >= 0.3 is 379 Å². The Morgan fingerprint density at radius 1 is 0.300 bits per heavy atom. The fourth-order valence-electron chi connectivity index (χ4n) is 10.2. The van der Waals surface area contributed by atoms with Gasteiger partial charge in [-0.2, -0.15) is 0 Å². The van der Waals surface area contributed by atoms with Gasteiger partial charge in [0.25, 0.3) is 0 Å². The summed E-state index contributed by atoms with van der Waals surface area (Å²) in [6.45, 7) is 16.7. The molecule has 0 aromatic carbocycles. The molecule has 0 bridgehead atoms. The second-order valence-electron chi connectivity index (χ2n) is 19.7. The van der Waals surface area contributed by atoms with Gasteiger partial charge in [0.2, 0.25) is 0 Å². The standard InChI is InChI=1S/C48H109O7P5/c1-13-25-37-58(38-26-14-2,39-27-15-3,40-28-16-4)53-56(49,50)52-57(51,54-59(41-29-17-5,42-30-18-6,43-31-19-7)44-32-20-8)55-60(45-33-21-9,46-34-22-10,47-35-23-11)48-36-24-12/h13-48H2,1-12H3,(H,49,50). The van der Waals surface area contributed by atoms with Crippen LogP contribution in [0.25, 0.3) is 0 Å². The van der Waals surface area contributed by atoms with Crippen molar-refractivity contribution in [3.8, 4) is 0 Å². The van der Waals surface area contributed by atoms with Crippen LogP contribution in [0.2, 0.25) is 0 Å². The first kappa shape index (κ1) is 61.5. The van der Waals surface area contributed by atoms with E-state index < -0.39 is 36.1 Å². The van der Waals surface area contributed by atoms with Crippen LogP contribution < -0.4 is 0 Å². The van der Waals surface area contributed by atoms with Crippen molar-refractivity contribution in [3.63, 3.8) is 0 Å². The van der Waals surface area contributed by atoms with Crippen LogP contribution in [0.3, 0.4) is 0 Å². The zero-order valence-corrected chi connectivity index (χ0v) is 47.1. The number of hydrogen-bond donors (Lipinski definition) is 1. The molecular formula is C48H109O7P5. The molecule has 60 heavy (non-hydrogen) atoms. The van der Waals surface area contributed by atoms with Crippen molar-refractivity contribution in [3.05, 3.63) is 0 Å². The third kappa shape index (κ3) is 20.2. The average Bonchev–Trinajstić information content (AvgIpc) is 3.23. The van der Waals surface area contributed by atoms with Crippen LogP contribution in [0, 0.1) is 0 Å². The summed E-state index contributed by atoms with van der Waals surface area (Å²) in [4.78, 5) is 12.8. The first-order valence-electron chi connectivity index (χ1n) is 26.3. The number of rotatable bonds is 44. The molecule has 1 atom stereocenters. The molecule has 0 amide bonds. The molecule has 0 aromatic rings. The van der Waals surface area contributed by atoms with E-state index in [1.54, 1.807) is 0 Å². The third-order valence-electron chi connectivity index (χ3n) is 14.1. The van der Waals surface area contributed by atoms with Crippen molar-refractivity contribution >= 4 is 36.1 Å². The molecular weight excluding hydrogens is 843 g/mol. The quantitative estimate of drug-likeness (QED) is 0.0608. The van der Waals surface area contributed by atoms with E-state index in [9.17, 15) is 4.89 Å². The van der Waals surface area contributed by atoms with Gasteiger partial charge in [-0.25, -0.2) is 0 Å². The van der Waals surface area contributed by atoms with Crippen molar-refractivity contribution in [1.29, 1.82) is 0 Å². The molecule has 0 spiro atoms. The molecule has 0 saturated carbocycles. The van der Waals surface area contributed by atoms with E-state index >= 15 is 9.13 Å². The van der Waals surface area contributed by atoms with E-state index in [1.165, 1.54) is 0 Å². The summed E-state index contributed by atoms with van der Waals surface area (Å²) in [5, 5.41) is 0. The van der Waals surface area contributed by atoms with Crippen LogP contribution in [0.5, 0.6) is 0 Å². The molecule has 0 saturated heterocycles. The SMILES string of the molecule is CCCCP(CCCC)(CCCC)(CCCC)OP(=O)(O)OP(=O)(OP(CCCC)(CCCC)(CCCC)CCCC)OP(CCCC)(CCCC)(CCCC)CCCC. The average molecular weight is 953 g/mol. The van der Waals surface area contributed by atoms with Crippen molar-refractivity contribution in [2.45, 2.75) is 237 Å². The molecule has 0 radical (unpaired) electrons. The topological polar surface area (TPSA) is 91.3 Å². The summed E-state index contributed by atoms with van der Waals surface area (Å²) in [6, 6.07) is 0. The van der Waals surface area contributed by atoms with Crippen molar-refractivity contribution in [1.82, 2.24) is 0 Å². The van der Waals surface area contributed by atoms with Gasteiger partial charge in [-0.1, -0.05) is 0 Å². The van der Waals surface area contributed by atoms with Gasteiger partial charge in [-0.15, -0.1) is 0 Å². The summed E-state index contributed by atoms with van der Waals surface area (Å²) in [5.74, 6) is 0. The number of hydrogen-bond acceptors (Lipinski definition) is 6. The molecule has 0 aromatic heterocycles. The fraction of sp³-hybridized carbons (Fsp3) is 1.00. The fourth-order valence-corrected chi connectivity index (χ4v) is 41.0. The first-order chi connectivity index (χ1) is 28.5.